The average Bonchev–Trinajstić information content (AvgIpc) is 2.34. The summed E-state index contributed by atoms with van der Waals surface area (Å²) in [6, 6.07) is 3.18. The highest BCUT2D eigenvalue weighted by molar-refractivity contribution is 5.24. The average molecular weight is 257 g/mol. The van der Waals surface area contributed by atoms with Crippen LogP contribution < -0.4 is 0 Å². The van der Waals surface area contributed by atoms with Gasteiger partial charge in [0.2, 0.25) is 0 Å². The molecule has 0 saturated carbocycles. The zero-order valence-corrected chi connectivity index (χ0v) is 11.4. The predicted octanol–water partition coefficient (Wildman–Crippen LogP) is 3.12. The molecular formula is C14H21F2NO. The topological polar surface area (TPSA) is 23.5 Å². The highest BCUT2D eigenvalue weighted by Crippen LogP contribution is 2.37. The first kappa shape index (κ1) is 15.1. The summed E-state index contributed by atoms with van der Waals surface area (Å²) in [5.74, 6) is -1.11. The first-order valence-electron chi connectivity index (χ1n) is 6.19. The fourth-order valence-electron chi connectivity index (χ4n) is 2.53. The summed E-state index contributed by atoms with van der Waals surface area (Å²) in [6.07, 6.45) is 0.236. The second kappa shape index (κ2) is 5.76. The van der Waals surface area contributed by atoms with Crippen molar-refractivity contribution in [2.24, 2.45) is 0 Å². The summed E-state index contributed by atoms with van der Waals surface area (Å²) in [5, 5.41) is 10.5. The number of hydrogen-bond acceptors (Lipinski definition) is 2. The fourth-order valence-corrected chi connectivity index (χ4v) is 2.53. The number of halogens is 2. The maximum Gasteiger partial charge on any atom is 0.129 e. The Hall–Kier alpha value is -1.00. The van der Waals surface area contributed by atoms with E-state index >= 15 is 0 Å². The van der Waals surface area contributed by atoms with Crippen LogP contribution in [0.15, 0.2) is 18.2 Å². The molecule has 0 amide bonds. The van der Waals surface area contributed by atoms with Gasteiger partial charge in [0.1, 0.15) is 17.7 Å². The maximum atomic E-state index is 13.7. The Morgan fingerprint density at radius 1 is 1.22 bits per heavy atom. The fraction of sp³-hybridized carbons (Fsp3) is 0.571. The van der Waals surface area contributed by atoms with Gasteiger partial charge in [-0.2, -0.15) is 0 Å². The van der Waals surface area contributed by atoms with E-state index < -0.39 is 23.3 Å². The van der Waals surface area contributed by atoms with Gasteiger partial charge in [0.05, 0.1) is 5.54 Å². The minimum absolute atomic E-state index is 0.0207. The zero-order chi connectivity index (χ0) is 13.9. The second-order valence-corrected chi connectivity index (χ2v) is 4.77. The second-order valence-electron chi connectivity index (χ2n) is 4.77. The third kappa shape index (κ3) is 2.54. The summed E-state index contributed by atoms with van der Waals surface area (Å²) in [7, 11) is 3.68. The van der Waals surface area contributed by atoms with E-state index in [-0.39, 0.29) is 5.56 Å². The molecule has 2 nitrogen and oxygen atoms in total. The van der Waals surface area contributed by atoms with Gasteiger partial charge in [0, 0.05) is 5.56 Å². The van der Waals surface area contributed by atoms with Gasteiger partial charge in [-0.25, -0.2) is 8.78 Å². The van der Waals surface area contributed by atoms with Gasteiger partial charge in [-0.15, -0.1) is 0 Å². The molecule has 0 spiro atoms. The largest absolute Gasteiger partial charge is 0.386 e. The molecule has 18 heavy (non-hydrogen) atoms. The molecule has 0 heterocycles. The summed E-state index contributed by atoms with van der Waals surface area (Å²) >= 11 is 0. The van der Waals surface area contributed by atoms with E-state index in [1.54, 1.807) is 0 Å². The van der Waals surface area contributed by atoms with Gasteiger partial charge in [-0.1, -0.05) is 13.8 Å². The minimum Gasteiger partial charge on any atom is -0.386 e. The first-order chi connectivity index (χ1) is 8.39. The number of nitrogens with zero attached hydrogens (tertiary/aromatic N) is 1. The Kier molecular flexibility index (Phi) is 4.82. The number of rotatable bonds is 5. The maximum absolute atomic E-state index is 13.7. The predicted molar refractivity (Wildman–Crippen MR) is 68.3 cm³/mol. The van der Waals surface area contributed by atoms with E-state index in [0.29, 0.717) is 12.8 Å². The van der Waals surface area contributed by atoms with Crippen LogP contribution in [0.1, 0.15) is 38.4 Å². The number of hydrogen-bond donors (Lipinski definition) is 1. The van der Waals surface area contributed by atoms with Gasteiger partial charge in [0.15, 0.2) is 0 Å². The summed E-state index contributed by atoms with van der Waals surface area (Å²) in [4.78, 5) is 1.88. The molecule has 1 unspecified atom stereocenters. The molecule has 0 fully saturated rings. The summed E-state index contributed by atoms with van der Waals surface area (Å²) in [6.45, 7) is 3.87. The number of benzene rings is 1. The van der Waals surface area contributed by atoms with Crippen molar-refractivity contribution >= 4 is 0 Å². The SMILES string of the molecule is CCC(CC)(C(O)c1cc(F)ccc1F)N(C)C. The molecule has 0 aromatic heterocycles. The van der Waals surface area contributed by atoms with E-state index in [4.69, 9.17) is 0 Å². The minimum atomic E-state index is -1.06. The molecule has 1 aromatic rings. The lowest BCUT2D eigenvalue weighted by atomic mass is 9.81. The van der Waals surface area contributed by atoms with Gasteiger partial charge in [0.25, 0.3) is 0 Å². The monoisotopic (exact) mass is 257 g/mol. The van der Waals surface area contributed by atoms with Gasteiger partial charge < -0.3 is 10.0 Å². The Morgan fingerprint density at radius 2 is 1.78 bits per heavy atom. The summed E-state index contributed by atoms with van der Waals surface area (Å²) < 4.78 is 27.0. The van der Waals surface area contributed by atoms with E-state index in [0.717, 1.165) is 18.2 Å². The third-order valence-electron chi connectivity index (χ3n) is 3.88. The van der Waals surface area contributed by atoms with Crippen LogP contribution in [0.3, 0.4) is 0 Å². The number of aliphatic hydroxyl groups excluding tert-OH is 1. The van der Waals surface area contributed by atoms with Gasteiger partial charge in [-0.05, 0) is 45.1 Å². The van der Waals surface area contributed by atoms with Crippen molar-refractivity contribution in [1.82, 2.24) is 4.90 Å². The highest BCUT2D eigenvalue weighted by atomic mass is 19.1. The molecule has 0 aliphatic carbocycles. The lowest BCUT2D eigenvalue weighted by Crippen LogP contribution is -2.48. The Bertz CT molecular complexity index is 403. The highest BCUT2D eigenvalue weighted by Gasteiger charge is 2.39. The Morgan fingerprint density at radius 3 is 2.22 bits per heavy atom. The van der Waals surface area contributed by atoms with Crippen LogP contribution in [0.2, 0.25) is 0 Å². The van der Waals surface area contributed by atoms with Crippen LogP contribution >= 0.6 is 0 Å². The zero-order valence-electron chi connectivity index (χ0n) is 11.4. The van der Waals surface area contributed by atoms with Crippen molar-refractivity contribution in [3.63, 3.8) is 0 Å². The lowest BCUT2D eigenvalue weighted by Gasteiger charge is -2.42. The molecule has 1 rings (SSSR count). The van der Waals surface area contributed by atoms with Gasteiger partial charge >= 0.3 is 0 Å². The smallest absolute Gasteiger partial charge is 0.129 e. The van der Waals surface area contributed by atoms with Crippen molar-refractivity contribution in [2.75, 3.05) is 14.1 Å². The molecular weight excluding hydrogens is 236 g/mol. The van der Waals surface area contributed by atoms with E-state index in [1.165, 1.54) is 0 Å². The third-order valence-corrected chi connectivity index (χ3v) is 3.88. The standard InChI is InChI=1S/C14H21F2NO/c1-5-14(6-2,17(3)4)13(18)11-9-10(15)7-8-12(11)16/h7-9,13,18H,5-6H2,1-4H3. The molecule has 0 aliphatic heterocycles. The quantitative estimate of drug-likeness (QED) is 0.876. The van der Waals surface area contributed by atoms with Crippen LogP contribution in [-0.2, 0) is 0 Å². The van der Waals surface area contributed by atoms with Crippen LogP contribution in [0.5, 0.6) is 0 Å². The van der Waals surface area contributed by atoms with Crippen LogP contribution in [0, 0.1) is 11.6 Å². The van der Waals surface area contributed by atoms with Crippen molar-refractivity contribution in [3.05, 3.63) is 35.4 Å². The lowest BCUT2D eigenvalue weighted by molar-refractivity contribution is -0.0169. The Balaban J connectivity index is 3.25. The van der Waals surface area contributed by atoms with Crippen molar-refractivity contribution in [1.29, 1.82) is 0 Å². The molecule has 0 saturated heterocycles. The molecule has 0 aliphatic rings. The van der Waals surface area contributed by atoms with E-state index in [9.17, 15) is 13.9 Å². The van der Waals surface area contributed by atoms with Crippen LogP contribution in [-0.4, -0.2) is 29.6 Å². The van der Waals surface area contributed by atoms with Crippen molar-refractivity contribution < 1.29 is 13.9 Å². The molecule has 0 bridgehead atoms. The molecule has 1 N–H and O–H groups in total. The molecule has 1 atom stereocenters. The van der Waals surface area contributed by atoms with Crippen LogP contribution in [0.25, 0.3) is 0 Å². The number of likely N-dealkylation sites (N-methyl/N-ethyl adjacent to an activating group) is 1. The van der Waals surface area contributed by atoms with E-state index in [2.05, 4.69) is 0 Å². The number of aliphatic hydroxyl groups is 1. The molecule has 102 valence electrons. The normalized spacial score (nSPS) is 14.0. The van der Waals surface area contributed by atoms with Crippen molar-refractivity contribution in [2.45, 2.75) is 38.3 Å². The van der Waals surface area contributed by atoms with Gasteiger partial charge in [-0.3, -0.25) is 0 Å². The molecule has 0 radical (unpaired) electrons. The van der Waals surface area contributed by atoms with Crippen LogP contribution in [0.4, 0.5) is 8.78 Å². The Labute approximate surface area is 107 Å². The molecule has 1 aromatic carbocycles. The first-order valence-corrected chi connectivity index (χ1v) is 6.19. The van der Waals surface area contributed by atoms with Crippen molar-refractivity contribution in [3.8, 4) is 0 Å². The molecule has 4 heteroatoms. The summed E-state index contributed by atoms with van der Waals surface area (Å²) in [5.41, 5.74) is -0.568. The van der Waals surface area contributed by atoms with E-state index in [1.807, 2.05) is 32.8 Å².